The van der Waals surface area contributed by atoms with Crippen LogP contribution in [0.2, 0.25) is 0 Å². The van der Waals surface area contributed by atoms with Crippen molar-refractivity contribution < 1.29 is 9.59 Å². The number of rotatable bonds is 1. The minimum absolute atomic E-state index is 0.0562. The Bertz CT molecular complexity index is 764. The van der Waals surface area contributed by atoms with Gasteiger partial charge in [0, 0.05) is 17.7 Å². The third kappa shape index (κ3) is 1.97. The van der Waals surface area contributed by atoms with E-state index in [2.05, 4.69) is 5.32 Å². The second kappa shape index (κ2) is 4.55. The highest BCUT2D eigenvalue weighted by atomic mass is 16.1. The van der Waals surface area contributed by atoms with Gasteiger partial charge in [0.1, 0.15) is 0 Å². The van der Waals surface area contributed by atoms with Crippen molar-refractivity contribution in [3.8, 4) is 0 Å². The zero-order chi connectivity index (χ0) is 14.4. The molecule has 0 fully saturated rings. The number of hydrogen-bond acceptors (Lipinski definition) is 2. The summed E-state index contributed by atoms with van der Waals surface area (Å²) < 4.78 is 0. The summed E-state index contributed by atoms with van der Waals surface area (Å²) in [4.78, 5) is 24.1. The lowest BCUT2D eigenvalue weighted by Crippen LogP contribution is -2.19. The number of hydrogen-bond donors (Lipinski definition) is 1. The van der Waals surface area contributed by atoms with Crippen molar-refractivity contribution in [2.45, 2.75) is 25.2 Å². The maximum atomic E-state index is 12.5. The molecule has 2 aromatic carbocycles. The molecule has 4 rings (SSSR count). The van der Waals surface area contributed by atoms with Gasteiger partial charge in [-0.15, -0.1) is 0 Å². The molecule has 104 valence electrons. The second-order valence-electron chi connectivity index (χ2n) is 5.74. The van der Waals surface area contributed by atoms with E-state index in [1.165, 1.54) is 0 Å². The van der Waals surface area contributed by atoms with Crippen LogP contribution in [0, 0.1) is 0 Å². The number of Topliss-reactive ketones (excluding diaryl/α,β-unsaturated/α-hetero) is 1. The number of fused-ring (bicyclic) bond motifs is 2. The van der Waals surface area contributed by atoms with E-state index < -0.39 is 0 Å². The Hall–Kier alpha value is -2.42. The lowest BCUT2D eigenvalue weighted by molar-refractivity contribution is -0.116. The molecule has 1 atom stereocenters. The maximum absolute atomic E-state index is 12.5. The van der Waals surface area contributed by atoms with Gasteiger partial charge < -0.3 is 5.32 Å². The number of carbonyl (C=O) groups is 2. The highest BCUT2D eigenvalue weighted by Crippen LogP contribution is 2.36. The molecule has 0 aromatic heterocycles. The molecule has 1 amide bonds. The monoisotopic (exact) mass is 277 g/mol. The Balaban J connectivity index is 1.71. The van der Waals surface area contributed by atoms with Crippen LogP contribution >= 0.6 is 0 Å². The number of aryl methyl sites for hydroxylation is 1. The van der Waals surface area contributed by atoms with Crippen LogP contribution in [0.15, 0.2) is 42.5 Å². The summed E-state index contributed by atoms with van der Waals surface area (Å²) in [5.74, 6) is 0.125. The predicted octanol–water partition coefficient (Wildman–Crippen LogP) is 3.09. The van der Waals surface area contributed by atoms with Crippen LogP contribution in [0.4, 0.5) is 5.69 Å². The molecule has 3 heteroatoms. The van der Waals surface area contributed by atoms with Crippen LogP contribution in [-0.4, -0.2) is 11.7 Å². The number of nitrogens with one attached hydrogen (secondary N) is 1. The number of anilines is 1. The summed E-state index contributed by atoms with van der Waals surface area (Å²) in [6, 6.07) is 13.9. The highest BCUT2D eigenvalue weighted by Gasteiger charge is 2.31. The SMILES string of the molecule is O=C1CCc2ccc(C3Cc4ccccc4C3=O)cc2N1. The van der Waals surface area contributed by atoms with Crippen LogP contribution in [0.3, 0.4) is 0 Å². The Morgan fingerprint density at radius 1 is 0.952 bits per heavy atom. The standard InChI is InChI=1S/C18H15NO2/c20-17-8-7-11-5-6-13(10-16(11)19-17)15-9-12-3-1-2-4-14(12)18(15)21/h1-6,10,15H,7-9H2,(H,19,20). The zero-order valence-corrected chi connectivity index (χ0v) is 11.6. The summed E-state index contributed by atoms with van der Waals surface area (Å²) in [7, 11) is 0. The Labute approximate surface area is 123 Å². The zero-order valence-electron chi connectivity index (χ0n) is 11.6. The number of amides is 1. The molecule has 0 radical (unpaired) electrons. The molecule has 1 heterocycles. The second-order valence-corrected chi connectivity index (χ2v) is 5.74. The van der Waals surface area contributed by atoms with Crippen molar-refractivity contribution in [1.29, 1.82) is 0 Å². The lowest BCUT2D eigenvalue weighted by Gasteiger charge is -2.19. The molecule has 0 spiro atoms. The van der Waals surface area contributed by atoms with E-state index in [-0.39, 0.29) is 17.6 Å². The molecular weight excluding hydrogens is 262 g/mol. The maximum Gasteiger partial charge on any atom is 0.224 e. The first-order chi connectivity index (χ1) is 10.2. The molecular formula is C18H15NO2. The van der Waals surface area contributed by atoms with Crippen LogP contribution in [0.5, 0.6) is 0 Å². The van der Waals surface area contributed by atoms with Gasteiger partial charge in [0.05, 0.1) is 5.92 Å². The van der Waals surface area contributed by atoms with E-state index >= 15 is 0 Å². The van der Waals surface area contributed by atoms with Gasteiger partial charge in [-0.25, -0.2) is 0 Å². The molecule has 0 saturated heterocycles. The fourth-order valence-electron chi connectivity index (χ4n) is 3.31. The number of ketones is 1. The molecule has 0 bridgehead atoms. The first-order valence-electron chi connectivity index (χ1n) is 7.27. The molecule has 1 aliphatic carbocycles. The van der Waals surface area contributed by atoms with Crippen molar-refractivity contribution in [1.82, 2.24) is 0 Å². The first-order valence-corrected chi connectivity index (χ1v) is 7.27. The Morgan fingerprint density at radius 2 is 1.81 bits per heavy atom. The van der Waals surface area contributed by atoms with Gasteiger partial charge in [0.2, 0.25) is 5.91 Å². The van der Waals surface area contributed by atoms with Crippen molar-refractivity contribution in [3.63, 3.8) is 0 Å². The van der Waals surface area contributed by atoms with Crippen molar-refractivity contribution in [2.75, 3.05) is 5.32 Å². The van der Waals surface area contributed by atoms with Gasteiger partial charge >= 0.3 is 0 Å². The molecule has 1 aliphatic heterocycles. The highest BCUT2D eigenvalue weighted by molar-refractivity contribution is 6.05. The summed E-state index contributed by atoms with van der Waals surface area (Å²) >= 11 is 0. The van der Waals surface area contributed by atoms with Crippen LogP contribution in [0.1, 0.15) is 39.4 Å². The minimum Gasteiger partial charge on any atom is -0.326 e. The van der Waals surface area contributed by atoms with E-state index in [0.29, 0.717) is 6.42 Å². The smallest absolute Gasteiger partial charge is 0.224 e. The van der Waals surface area contributed by atoms with Gasteiger partial charge in [-0.2, -0.15) is 0 Å². The third-order valence-corrected chi connectivity index (χ3v) is 4.46. The van der Waals surface area contributed by atoms with E-state index in [4.69, 9.17) is 0 Å². The fraction of sp³-hybridized carbons (Fsp3) is 0.222. The lowest BCUT2D eigenvalue weighted by atomic mass is 9.92. The topological polar surface area (TPSA) is 46.2 Å². The normalized spacial score (nSPS) is 19.9. The van der Waals surface area contributed by atoms with Crippen molar-refractivity contribution >= 4 is 17.4 Å². The number of carbonyl (C=O) groups excluding carboxylic acids is 2. The average molecular weight is 277 g/mol. The quantitative estimate of drug-likeness (QED) is 0.870. The van der Waals surface area contributed by atoms with E-state index in [1.54, 1.807) is 0 Å². The largest absolute Gasteiger partial charge is 0.326 e. The number of benzene rings is 2. The summed E-state index contributed by atoms with van der Waals surface area (Å²) in [6.07, 6.45) is 2.07. The van der Waals surface area contributed by atoms with Crippen LogP contribution in [0.25, 0.3) is 0 Å². The van der Waals surface area contributed by atoms with E-state index in [1.807, 2.05) is 42.5 Å². The third-order valence-electron chi connectivity index (χ3n) is 4.46. The van der Waals surface area contributed by atoms with Crippen LogP contribution < -0.4 is 5.32 Å². The van der Waals surface area contributed by atoms with Gasteiger partial charge in [-0.05, 0) is 35.6 Å². The molecule has 2 aliphatic rings. The summed E-state index contributed by atoms with van der Waals surface area (Å²) in [5.41, 5.74) is 4.98. The molecule has 1 unspecified atom stereocenters. The molecule has 21 heavy (non-hydrogen) atoms. The first kappa shape index (κ1) is 12.3. The van der Waals surface area contributed by atoms with E-state index in [0.717, 1.165) is 40.8 Å². The summed E-state index contributed by atoms with van der Waals surface area (Å²) in [6.45, 7) is 0. The molecule has 3 nitrogen and oxygen atoms in total. The van der Waals surface area contributed by atoms with Crippen molar-refractivity contribution in [2.24, 2.45) is 0 Å². The molecule has 0 saturated carbocycles. The Morgan fingerprint density at radius 3 is 2.67 bits per heavy atom. The van der Waals surface area contributed by atoms with E-state index in [9.17, 15) is 9.59 Å². The van der Waals surface area contributed by atoms with Crippen LogP contribution in [-0.2, 0) is 17.6 Å². The summed E-state index contributed by atoms with van der Waals surface area (Å²) in [5, 5.41) is 2.91. The minimum atomic E-state index is -0.119. The van der Waals surface area contributed by atoms with Gasteiger partial charge in [0.15, 0.2) is 5.78 Å². The predicted molar refractivity (Wildman–Crippen MR) is 80.6 cm³/mol. The van der Waals surface area contributed by atoms with Gasteiger partial charge in [-0.3, -0.25) is 9.59 Å². The van der Waals surface area contributed by atoms with Crippen molar-refractivity contribution in [3.05, 3.63) is 64.7 Å². The molecule has 1 N–H and O–H groups in total. The van der Waals surface area contributed by atoms with Gasteiger partial charge in [0.25, 0.3) is 0 Å². The molecule has 2 aromatic rings. The Kier molecular flexibility index (Phi) is 2.67. The average Bonchev–Trinajstić information content (AvgIpc) is 2.84. The van der Waals surface area contributed by atoms with Gasteiger partial charge in [-0.1, -0.05) is 36.4 Å². The fourth-order valence-corrected chi connectivity index (χ4v) is 3.31.